The van der Waals surface area contributed by atoms with Crippen LogP contribution in [0.3, 0.4) is 0 Å². The summed E-state index contributed by atoms with van der Waals surface area (Å²) >= 11 is 0. The van der Waals surface area contributed by atoms with E-state index in [1.54, 1.807) is 0 Å². The Morgan fingerprint density at radius 3 is 2.70 bits per heavy atom. The van der Waals surface area contributed by atoms with Crippen LogP contribution in [0.2, 0.25) is 25.7 Å². The summed E-state index contributed by atoms with van der Waals surface area (Å²) in [6.07, 6.45) is 1.83. The standard InChI is InChI=1S/C14H23N3OSi.ClH/c1-19(2,3)7-6-18-11-17-10-16-13-8-12(9-15)4-5-14(13)17;/h4-5,8,10H,6-7,9,11,15H2,1-3H3;1H. The number of rotatable bonds is 6. The highest BCUT2D eigenvalue weighted by Gasteiger charge is 2.12. The molecule has 2 N–H and O–H groups in total. The van der Waals surface area contributed by atoms with E-state index < -0.39 is 8.07 Å². The van der Waals surface area contributed by atoms with E-state index in [9.17, 15) is 0 Å². The van der Waals surface area contributed by atoms with Gasteiger partial charge in [0, 0.05) is 21.2 Å². The van der Waals surface area contributed by atoms with Gasteiger partial charge in [-0.25, -0.2) is 4.98 Å². The van der Waals surface area contributed by atoms with Gasteiger partial charge in [-0.15, -0.1) is 12.4 Å². The summed E-state index contributed by atoms with van der Waals surface area (Å²) in [7, 11) is -1.01. The number of imidazole rings is 1. The first-order valence-electron chi connectivity index (χ1n) is 6.71. The number of hydrogen-bond acceptors (Lipinski definition) is 3. The molecule has 1 aromatic carbocycles. The Bertz CT molecular complexity index is 551. The van der Waals surface area contributed by atoms with Crippen molar-refractivity contribution in [1.82, 2.24) is 9.55 Å². The molecule has 2 rings (SSSR count). The molecule has 0 spiro atoms. The summed E-state index contributed by atoms with van der Waals surface area (Å²) in [5.41, 5.74) is 8.83. The molecule has 0 bridgehead atoms. The predicted molar refractivity (Wildman–Crippen MR) is 89.0 cm³/mol. The fourth-order valence-electron chi connectivity index (χ4n) is 1.88. The van der Waals surface area contributed by atoms with Crippen molar-refractivity contribution in [3.05, 3.63) is 30.1 Å². The second-order valence-electron chi connectivity index (χ2n) is 6.09. The topological polar surface area (TPSA) is 53.1 Å². The molecule has 1 aromatic heterocycles. The minimum atomic E-state index is -1.01. The van der Waals surface area contributed by atoms with Crippen molar-refractivity contribution in [2.75, 3.05) is 6.61 Å². The van der Waals surface area contributed by atoms with Gasteiger partial charge in [0.2, 0.25) is 0 Å². The van der Waals surface area contributed by atoms with Gasteiger partial charge < -0.3 is 15.0 Å². The van der Waals surface area contributed by atoms with Crippen LogP contribution in [0.15, 0.2) is 24.5 Å². The molecule has 4 nitrogen and oxygen atoms in total. The Morgan fingerprint density at radius 1 is 1.30 bits per heavy atom. The number of aromatic nitrogens is 2. The van der Waals surface area contributed by atoms with Gasteiger partial charge in [-0.2, -0.15) is 0 Å². The maximum absolute atomic E-state index is 5.75. The van der Waals surface area contributed by atoms with Gasteiger partial charge in [-0.3, -0.25) is 0 Å². The number of nitrogens with two attached hydrogens (primary N) is 1. The van der Waals surface area contributed by atoms with Crippen LogP contribution in [-0.2, 0) is 18.0 Å². The third-order valence-corrected chi connectivity index (χ3v) is 4.85. The maximum atomic E-state index is 5.75. The van der Waals surface area contributed by atoms with E-state index in [1.807, 2.05) is 23.0 Å². The van der Waals surface area contributed by atoms with Crippen LogP contribution in [0.5, 0.6) is 0 Å². The molecule has 0 aliphatic heterocycles. The van der Waals surface area contributed by atoms with Crippen LogP contribution < -0.4 is 5.73 Å². The molecule has 0 atom stereocenters. The lowest BCUT2D eigenvalue weighted by atomic mass is 10.2. The monoisotopic (exact) mass is 313 g/mol. The normalized spacial score (nSPS) is 11.6. The lowest BCUT2D eigenvalue weighted by molar-refractivity contribution is 0.0898. The minimum absolute atomic E-state index is 0. The van der Waals surface area contributed by atoms with Gasteiger partial charge in [-0.1, -0.05) is 25.7 Å². The van der Waals surface area contributed by atoms with E-state index in [1.165, 1.54) is 6.04 Å². The summed E-state index contributed by atoms with van der Waals surface area (Å²) in [5.74, 6) is 0. The van der Waals surface area contributed by atoms with E-state index in [0.29, 0.717) is 13.3 Å². The number of ether oxygens (including phenoxy) is 1. The Morgan fingerprint density at radius 2 is 2.05 bits per heavy atom. The van der Waals surface area contributed by atoms with E-state index in [2.05, 4.69) is 30.7 Å². The largest absolute Gasteiger partial charge is 0.361 e. The first kappa shape index (κ1) is 17.2. The van der Waals surface area contributed by atoms with Gasteiger partial charge in [-0.05, 0) is 23.7 Å². The average molecular weight is 314 g/mol. The molecule has 112 valence electrons. The second kappa shape index (κ2) is 7.22. The van der Waals surface area contributed by atoms with Gasteiger partial charge in [0.05, 0.1) is 17.4 Å². The molecule has 0 saturated heterocycles. The summed E-state index contributed by atoms with van der Waals surface area (Å²) in [5, 5.41) is 0. The average Bonchev–Trinajstić information content (AvgIpc) is 2.75. The zero-order valence-electron chi connectivity index (χ0n) is 12.4. The van der Waals surface area contributed by atoms with E-state index in [0.717, 1.165) is 23.2 Å². The van der Waals surface area contributed by atoms with Crippen LogP contribution in [-0.4, -0.2) is 24.2 Å². The molecule has 0 fully saturated rings. The van der Waals surface area contributed by atoms with Gasteiger partial charge in [0.15, 0.2) is 0 Å². The van der Waals surface area contributed by atoms with Crippen molar-refractivity contribution in [1.29, 1.82) is 0 Å². The fraction of sp³-hybridized carbons (Fsp3) is 0.500. The SMILES string of the molecule is C[Si](C)(C)CCOCn1cnc2cc(CN)ccc21.Cl. The predicted octanol–water partition coefficient (Wildman–Crippen LogP) is 3.23. The van der Waals surface area contributed by atoms with Crippen LogP contribution in [0.1, 0.15) is 5.56 Å². The fourth-order valence-corrected chi connectivity index (χ4v) is 2.64. The highest BCUT2D eigenvalue weighted by Crippen LogP contribution is 2.15. The van der Waals surface area contributed by atoms with Crippen LogP contribution in [0.25, 0.3) is 11.0 Å². The number of benzene rings is 1. The minimum Gasteiger partial charge on any atom is -0.361 e. The van der Waals surface area contributed by atoms with Crippen LogP contribution in [0.4, 0.5) is 0 Å². The molecule has 6 heteroatoms. The van der Waals surface area contributed by atoms with Crippen molar-refractivity contribution in [3.63, 3.8) is 0 Å². The van der Waals surface area contributed by atoms with Gasteiger partial charge in [0.25, 0.3) is 0 Å². The summed E-state index contributed by atoms with van der Waals surface area (Å²) in [4.78, 5) is 4.39. The Balaban J connectivity index is 0.00000200. The molecule has 0 saturated carbocycles. The lowest BCUT2D eigenvalue weighted by Gasteiger charge is -2.15. The Hall–Kier alpha value is -0.883. The van der Waals surface area contributed by atoms with E-state index in [-0.39, 0.29) is 12.4 Å². The quantitative estimate of drug-likeness (QED) is 0.658. The highest BCUT2D eigenvalue weighted by molar-refractivity contribution is 6.76. The van der Waals surface area contributed by atoms with Crippen LogP contribution >= 0.6 is 12.4 Å². The molecular formula is C14H24ClN3OSi. The molecule has 2 aromatic rings. The smallest absolute Gasteiger partial charge is 0.124 e. The van der Waals surface area contributed by atoms with Crippen molar-refractivity contribution >= 4 is 31.5 Å². The molecule has 0 aliphatic carbocycles. The molecule has 0 aliphatic rings. The Kier molecular flexibility index (Phi) is 6.20. The summed E-state index contributed by atoms with van der Waals surface area (Å²) in [6, 6.07) is 7.33. The first-order chi connectivity index (χ1) is 8.99. The lowest BCUT2D eigenvalue weighted by Crippen LogP contribution is -2.21. The van der Waals surface area contributed by atoms with Gasteiger partial charge in [0.1, 0.15) is 6.73 Å². The van der Waals surface area contributed by atoms with Crippen LogP contribution in [0, 0.1) is 0 Å². The number of hydrogen-bond donors (Lipinski definition) is 1. The van der Waals surface area contributed by atoms with Crippen molar-refractivity contribution in [3.8, 4) is 0 Å². The number of halogens is 1. The Labute approximate surface area is 127 Å². The maximum Gasteiger partial charge on any atom is 0.124 e. The number of nitrogens with zero attached hydrogens (tertiary/aromatic N) is 2. The summed E-state index contributed by atoms with van der Waals surface area (Å²) in [6.45, 7) is 9.03. The van der Waals surface area contributed by atoms with Crippen molar-refractivity contribution in [2.24, 2.45) is 5.73 Å². The third-order valence-electron chi connectivity index (χ3n) is 3.15. The number of fused-ring (bicyclic) bond motifs is 1. The second-order valence-corrected chi connectivity index (χ2v) is 11.7. The van der Waals surface area contributed by atoms with E-state index in [4.69, 9.17) is 10.5 Å². The van der Waals surface area contributed by atoms with Crippen molar-refractivity contribution < 1.29 is 4.74 Å². The van der Waals surface area contributed by atoms with E-state index >= 15 is 0 Å². The molecular weight excluding hydrogens is 290 g/mol. The molecule has 0 amide bonds. The molecule has 0 radical (unpaired) electrons. The van der Waals surface area contributed by atoms with Crippen molar-refractivity contribution in [2.45, 2.75) is 39.0 Å². The van der Waals surface area contributed by atoms with Gasteiger partial charge >= 0.3 is 0 Å². The highest BCUT2D eigenvalue weighted by atomic mass is 35.5. The molecule has 20 heavy (non-hydrogen) atoms. The molecule has 0 unspecified atom stereocenters. The molecule has 1 heterocycles. The first-order valence-corrected chi connectivity index (χ1v) is 10.4. The third kappa shape index (κ3) is 4.59. The zero-order chi connectivity index (χ0) is 13.9. The summed E-state index contributed by atoms with van der Waals surface area (Å²) < 4.78 is 7.79. The zero-order valence-corrected chi connectivity index (χ0v) is 14.2.